The van der Waals surface area contributed by atoms with Gasteiger partial charge < -0.3 is 29.0 Å². The Labute approximate surface area is 198 Å². The Morgan fingerprint density at radius 2 is 1.77 bits per heavy atom. The first kappa shape index (κ1) is 19.4. The van der Waals surface area contributed by atoms with Gasteiger partial charge in [0.25, 0.3) is 5.91 Å². The Kier molecular flexibility index (Phi) is 3.24. The molecule has 3 aliphatic heterocycles. The first-order valence-corrected chi connectivity index (χ1v) is 11.7. The summed E-state index contributed by atoms with van der Waals surface area (Å²) in [4.78, 5) is 26.3. The van der Waals surface area contributed by atoms with E-state index >= 15 is 0 Å². The van der Waals surface area contributed by atoms with E-state index in [1.807, 2.05) is 53.1 Å². The number of rotatable bonds is 1. The SMILES string of the molecule is COC(=O)[C@@]1(O)CC2OC1(C)n1c3ccccc3c3c4c(c5c6ccccc6n2c5c31)C(=O)NC4. The third-order valence-electron chi connectivity index (χ3n) is 8.36. The molecular weight excluding hydrogens is 446 g/mol. The zero-order chi connectivity index (χ0) is 23.9. The number of carbonyl (C=O) groups is 2. The van der Waals surface area contributed by atoms with Gasteiger partial charge in [-0.15, -0.1) is 0 Å². The molecule has 3 aromatic carbocycles. The summed E-state index contributed by atoms with van der Waals surface area (Å²) >= 11 is 0. The van der Waals surface area contributed by atoms with E-state index in [0.717, 1.165) is 49.2 Å². The predicted molar refractivity (Wildman–Crippen MR) is 129 cm³/mol. The zero-order valence-corrected chi connectivity index (χ0v) is 19.1. The standard InChI is InChI=1S/C27H21N3O5/c1-26-27(33,25(32)34-2)11-18(35-26)29-16-9-5-3-7-13(16)20-21-15(12-28-24(21)31)19-14-8-4-6-10-17(14)30(26)23(19)22(20)29/h3-10,18,33H,11-12H2,1-2H3,(H,28,31)/t18?,26?,27-/m0/s1. The summed E-state index contributed by atoms with van der Waals surface area (Å²) in [6, 6.07) is 15.8. The summed E-state index contributed by atoms with van der Waals surface area (Å²) in [7, 11) is 1.28. The van der Waals surface area contributed by atoms with Gasteiger partial charge in [0.1, 0.15) is 6.23 Å². The number of hydrogen-bond acceptors (Lipinski definition) is 5. The zero-order valence-electron chi connectivity index (χ0n) is 19.1. The Balaban J connectivity index is 1.73. The van der Waals surface area contributed by atoms with Crippen molar-refractivity contribution in [1.29, 1.82) is 0 Å². The van der Waals surface area contributed by atoms with Gasteiger partial charge in [-0.05, 0) is 24.6 Å². The molecule has 2 unspecified atom stereocenters. The highest BCUT2D eigenvalue weighted by molar-refractivity contribution is 6.31. The number of nitrogens with one attached hydrogen (secondary N) is 1. The molecule has 2 bridgehead atoms. The van der Waals surface area contributed by atoms with Crippen LogP contribution in [0.5, 0.6) is 0 Å². The number of nitrogens with zero attached hydrogens (tertiary/aromatic N) is 2. The van der Waals surface area contributed by atoms with Crippen LogP contribution >= 0.6 is 0 Å². The Bertz CT molecular complexity index is 1830. The summed E-state index contributed by atoms with van der Waals surface area (Å²) < 4.78 is 15.8. The highest BCUT2D eigenvalue weighted by atomic mass is 16.6. The maximum absolute atomic E-state index is 13.2. The van der Waals surface area contributed by atoms with Crippen LogP contribution in [0.15, 0.2) is 48.5 Å². The van der Waals surface area contributed by atoms with Crippen LogP contribution in [-0.4, -0.2) is 38.8 Å². The van der Waals surface area contributed by atoms with Crippen molar-refractivity contribution in [2.45, 2.75) is 37.4 Å². The van der Waals surface area contributed by atoms with Gasteiger partial charge in [0, 0.05) is 34.5 Å². The molecule has 0 spiro atoms. The molecule has 8 nitrogen and oxygen atoms in total. The van der Waals surface area contributed by atoms with Gasteiger partial charge in [-0.1, -0.05) is 36.4 Å². The smallest absolute Gasteiger partial charge is 0.343 e. The van der Waals surface area contributed by atoms with Crippen LogP contribution in [0.25, 0.3) is 43.6 Å². The largest absolute Gasteiger partial charge is 0.467 e. The van der Waals surface area contributed by atoms with Crippen molar-refractivity contribution < 1.29 is 24.2 Å². The molecule has 0 saturated carbocycles. The summed E-state index contributed by atoms with van der Waals surface area (Å²) in [5, 5.41) is 18.7. The van der Waals surface area contributed by atoms with E-state index < -0.39 is 23.5 Å². The van der Waals surface area contributed by atoms with Crippen molar-refractivity contribution in [3.8, 4) is 0 Å². The maximum atomic E-state index is 13.2. The summed E-state index contributed by atoms with van der Waals surface area (Å²) in [5.74, 6) is -0.822. The molecular formula is C27H21N3O5. The van der Waals surface area contributed by atoms with Gasteiger partial charge in [0.15, 0.2) is 5.72 Å². The van der Waals surface area contributed by atoms with Gasteiger partial charge in [0.05, 0.1) is 34.7 Å². The number of fused-ring (bicyclic) bond motifs is 13. The second-order valence-corrected chi connectivity index (χ2v) is 9.83. The molecule has 0 aliphatic carbocycles. The Hall–Kier alpha value is -3.88. The summed E-state index contributed by atoms with van der Waals surface area (Å²) in [6.07, 6.45) is -0.628. The lowest BCUT2D eigenvalue weighted by molar-refractivity contribution is -0.202. The average molecular weight is 467 g/mol. The van der Waals surface area contributed by atoms with E-state index in [-0.39, 0.29) is 12.3 Å². The highest BCUT2D eigenvalue weighted by Gasteiger charge is 2.65. The topological polar surface area (TPSA) is 94.7 Å². The van der Waals surface area contributed by atoms with Crippen LogP contribution < -0.4 is 5.32 Å². The second-order valence-electron chi connectivity index (χ2n) is 9.83. The summed E-state index contributed by atoms with van der Waals surface area (Å²) in [5.41, 5.74) is 1.69. The van der Waals surface area contributed by atoms with Crippen molar-refractivity contribution >= 4 is 55.5 Å². The molecule has 5 heterocycles. The van der Waals surface area contributed by atoms with Crippen LogP contribution in [-0.2, 0) is 26.5 Å². The van der Waals surface area contributed by atoms with Crippen LogP contribution in [0.2, 0.25) is 0 Å². The predicted octanol–water partition coefficient (Wildman–Crippen LogP) is 3.66. The quantitative estimate of drug-likeness (QED) is 0.367. The van der Waals surface area contributed by atoms with E-state index in [2.05, 4.69) is 9.88 Å². The lowest BCUT2D eigenvalue weighted by Crippen LogP contribution is -2.56. The van der Waals surface area contributed by atoms with Crippen molar-refractivity contribution in [3.63, 3.8) is 0 Å². The maximum Gasteiger partial charge on any atom is 0.343 e. The van der Waals surface area contributed by atoms with Gasteiger partial charge in [-0.25, -0.2) is 4.79 Å². The lowest BCUT2D eigenvalue weighted by Gasteiger charge is -2.37. The number of amides is 1. The number of esters is 1. The molecule has 8 rings (SSSR count). The van der Waals surface area contributed by atoms with E-state index in [0.29, 0.717) is 12.1 Å². The average Bonchev–Trinajstić information content (AvgIpc) is 3.55. The van der Waals surface area contributed by atoms with Gasteiger partial charge in [0.2, 0.25) is 5.60 Å². The number of carbonyl (C=O) groups excluding carboxylic acids is 2. The van der Waals surface area contributed by atoms with E-state index in [1.165, 1.54) is 7.11 Å². The van der Waals surface area contributed by atoms with Gasteiger partial charge in [-0.2, -0.15) is 0 Å². The minimum atomic E-state index is -1.93. The molecule has 3 atom stereocenters. The van der Waals surface area contributed by atoms with Crippen molar-refractivity contribution in [2.75, 3.05) is 7.11 Å². The van der Waals surface area contributed by atoms with Crippen molar-refractivity contribution in [1.82, 2.24) is 14.5 Å². The number of methoxy groups -OCH3 is 1. The minimum Gasteiger partial charge on any atom is -0.467 e. The van der Waals surface area contributed by atoms with E-state index in [1.54, 1.807) is 6.92 Å². The van der Waals surface area contributed by atoms with Crippen molar-refractivity contribution in [3.05, 3.63) is 59.7 Å². The Morgan fingerprint density at radius 3 is 2.51 bits per heavy atom. The number of para-hydroxylation sites is 2. The van der Waals surface area contributed by atoms with Gasteiger partial charge >= 0.3 is 5.97 Å². The molecule has 0 radical (unpaired) electrons. The van der Waals surface area contributed by atoms with E-state index in [4.69, 9.17) is 9.47 Å². The molecule has 174 valence electrons. The first-order chi connectivity index (χ1) is 16.9. The monoisotopic (exact) mass is 467 g/mol. The third kappa shape index (κ3) is 1.89. The number of benzene rings is 3. The fourth-order valence-electron chi connectivity index (χ4n) is 6.89. The molecule has 5 aromatic rings. The molecule has 1 saturated heterocycles. The molecule has 8 heteroatoms. The number of hydrogen-bond donors (Lipinski definition) is 2. The van der Waals surface area contributed by atoms with Gasteiger partial charge in [-0.3, -0.25) is 4.79 Å². The molecule has 2 N–H and O–H groups in total. The molecule has 35 heavy (non-hydrogen) atoms. The molecule has 1 amide bonds. The second kappa shape index (κ2) is 5.84. The first-order valence-electron chi connectivity index (χ1n) is 11.7. The fraction of sp³-hybridized carbons (Fsp3) is 0.259. The number of aliphatic hydroxyl groups is 1. The lowest BCUT2D eigenvalue weighted by atomic mass is 9.88. The fourth-order valence-corrected chi connectivity index (χ4v) is 6.89. The third-order valence-corrected chi connectivity index (χ3v) is 8.36. The minimum absolute atomic E-state index is 0.0146. The molecule has 3 aliphatic rings. The summed E-state index contributed by atoms with van der Waals surface area (Å²) in [6.45, 7) is 2.17. The Morgan fingerprint density at radius 1 is 1.09 bits per heavy atom. The van der Waals surface area contributed by atoms with Crippen LogP contribution in [0, 0.1) is 0 Å². The van der Waals surface area contributed by atoms with Crippen LogP contribution in [0.1, 0.15) is 35.5 Å². The van der Waals surface area contributed by atoms with Crippen LogP contribution in [0.4, 0.5) is 0 Å². The number of aromatic nitrogens is 2. The van der Waals surface area contributed by atoms with Crippen LogP contribution in [0.3, 0.4) is 0 Å². The van der Waals surface area contributed by atoms with E-state index in [9.17, 15) is 14.7 Å². The number of ether oxygens (including phenoxy) is 2. The molecule has 2 aromatic heterocycles. The molecule has 1 fully saturated rings. The normalized spacial score (nSPS) is 26.7. The highest BCUT2D eigenvalue weighted by Crippen LogP contribution is 2.57. The van der Waals surface area contributed by atoms with Crippen molar-refractivity contribution in [2.24, 2.45) is 0 Å².